The van der Waals surface area contributed by atoms with E-state index in [-0.39, 0.29) is 0 Å². The summed E-state index contributed by atoms with van der Waals surface area (Å²) in [6.07, 6.45) is 4.30. The van der Waals surface area contributed by atoms with Crippen molar-refractivity contribution in [2.24, 2.45) is 5.73 Å². The number of nitrogens with zero attached hydrogens (tertiary/aromatic N) is 2. The van der Waals surface area contributed by atoms with Crippen molar-refractivity contribution in [2.45, 2.75) is 32.7 Å². The number of piperidine rings is 1. The minimum absolute atomic E-state index is 0.326. The van der Waals surface area contributed by atoms with Gasteiger partial charge in [-0.1, -0.05) is 0 Å². The molecule has 3 heteroatoms. The van der Waals surface area contributed by atoms with Gasteiger partial charge in [0.2, 0.25) is 0 Å². The number of rotatable bonds is 1. The molecule has 3 nitrogen and oxygen atoms in total. The maximum Gasteiger partial charge on any atom is 0.0430 e. The summed E-state index contributed by atoms with van der Waals surface area (Å²) in [5.41, 5.74) is 9.62. The first-order chi connectivity index (χ1) is 7.16. The molecule has 1 aliphatic rings. The van der Waals surface area contributed by atoms with Gasteiger partial charge in [0.05, 0.1) is 0 Å². The van der Waals surface area contributed by atoms with Gasteiger partial charge in [-0.3, -0.25) is 4.98 Å². The molecule has 15 heavy (non-hydrogen) atoms. The Labute approximate surface area is 91.3 Å². The molecule has 0 saturated carbocycles. The lowest BCUT2D eigenvalue weighted by Gasteiger charge is -2.33. The highest BCUT2D eigenvalue weighted by molar-refractivity contribution is 5.53. The van der Waals surface area contributed by atoms with Crippen LogP contribution in [0.1, 0.15) is 24.1 Å². The summed E-state index contributed by atoms with van der Waals surface area (Å²) in [6.45, 7) is 6.25. The number of hydrogen-bond donors (Lipinski definition) is 1. The number of hydrogen-bond acceptors (Lipinski definition) is 3. The van der Waals surface area contributed by atoms with E-state index in [9.17, 15) is 0 Å². The zero-order valence-electron chi connectivity index (χ0n) is 9.53. The minimum atomic E-state index is 0.326. The second-order valence-corrected chi connectivity index (χ2v) is 4.46. The Morgan fingerprint density at radius 3 is 3.00 bits per heavy atom. The van der Waals surface area contributed by atoms with Gasteiger partial charge in [-0.15, -0.1) is 0 Å². The highest BCUT2D eigenvalue weighted by Gasteiger charge is 2.18. The molecule has 1 aliphatic heterocycles. The third-order valence-corrected chi connectivity index (χ3v) is 3.01. The second-order valence-electron chi connectivity index (χ2n) is 4.46. The third-order valence-electron chi connectivity index (χ3n) is 3.01. The van der Waals surface area contributed by atoms with E-state index in [4.69, 9.17) is 5.73 Å². The van der Waals surface area contributed by atoms with Crippen LogP contribution in [-0.2, 0) is 0 Å². The first kappa shape index (κ1) is 10.4. The van der Waals surface area contributed by atoms with Gasteiger partial charge in [-0.2, -0.15) is 0 Å². The summed E-state index contributed by atoms with van der Waals surface area (Å²) in [6, 6.07) is 2.49. The van der Waals surface area contributed by atoms with Gasteiger partial charge in [0.1, 0.15) is 0 Å². The first-order valence-corrected chi connectivity index (χ1v) is 5.60. The van der Waals surface area contributed by atoms with E-state index in [1.807, 2.05) is 13.1 Å². The zero-order chi connectivity index (χ0) is 10.8. The molecule has 2 heterocycles. The molecule has 1 aromatic rings. The molecule has 0 aromatic carbocycles. The lowest BCUT2D eigenvalue weighted by atomic mass is 10.0. The van der Waals surface area contributed by atoms with Crippen LogP contribution in [0.3, 0.4) is 0 Å². The fraction of sp³-hybridized carbons (Fsp3) is 0.583. The number of aromatic nitrogens is 1. The smallest absolute Gasteiger partial charge is 0.0430 e. The average molecular weight is 205 g/mol. The van der Waals surface area contributed by atoms with Crippen molar-refractivity contribution in [1.29, 1.82) is 0 Å². The van der Waals surface area contributed by atoms with E-state index in [1.165, 1.54) is 17.7 Å². The van der Waals surface area contributed by atoms with E-state index in [1.54, 1.807) is 0 Å². The lowest BCUT2D eigenvalue weighted by molar-refractivity contribution is 0.505. The fourth-order valence-electron chi connectivity index (χ4n) is 2.18. The number of nitrogens with two attached hydrogens (primary N) is 1. The van der Waals surface area contributed by atoms with Crippen molar-refractivity contribution in [3.8, 4) is 0 Å². The lowest BCUT2D eigenvalue weighted by Crippen LogP contribution is -2.43. The van der Waals surface area contributed by atoms with Crippen LogP contribution in [0.5, 0.6) is 0 Å². The second kappa shape index (κ2) is 4.19. The molecule has 1 atom stereocenters. The van der Waals surface area contributed by atoms with Crippen molar-refractivity contribution in [3.63, 3.8) is 0 Å². The molecular formula is C12H19N3. The fourth-order valence-corrected chi connectivity index (χ4v) is 2.18. The maximum absolute atomic E-state index is 5.99. The Bertz CT molecular complexity index is 349. The number of aryl methyl sites for hydroxylation is 2. The van der Waals surface area contributed by atoms with E-state index < -0.39 is 0 Å². The maximum atomic E-state index is 5.99. The number of pyridine rings is 1. The van der Waals surface area contributed by atoms with E-state index in [2.05, 4.69) is 22.9 Å². The van der Waals surface area contributed by atoms with Crippen molar-refractivity contribution >= 4 is 5.69 Å². The largest absolute Gasteiger partial charge is 0.370 e. The molecule has 0 bridgehead atoms. The molecule has 0 amide bonds. The predicted octanol–water partition coefficient (Wildman–Crippen LogP) is 1.63. The van der Waals surface area contributed by atoms with Crippen LogP contribution >= 0.6 is 0 Å². The van der Waals surface area contributed by atoms with Gasteiger partial charge >= 0.3 is 0 Å². The molecule has 1 unspecified atom stereocenters. The summed E-state index contributed by atoms with van der Waals surface area (Å²) < 4.78 is 0. The molecule has 0 spiro atoms. The van der Waals surface area contributed by atoms with E-state index in [0.717, 1.165) is 25.2 Å². The van der Waals surface area contributed by atoms with E-state index in [0.29, 0.717) is 6.04 Å². The summed E-state index contributed by atoms with van der Waals surface area (Å²) in [5.74, 6) is 0. The Morgan fingerprint density at radius 2 is 2.27 bits per heavy atom. The van der Waals surface area contributed by atoms with Gasteiger partial charge in [0.25, 0.3) is 0 Å². The third kappa shape index (κ3) is 2.29. The van der Waals surface area contributed by atoms with Crippen LogP contribution in [0.2, 0.25) is 0 Å². The van der Waals surface area contributed by atoms with Crippen molar-refractivity contribution in [3.05, 3.63) is 23.5 Å². The Hall–Kier alpha value is -1.09. The number of anilines is 1. The zero-order valence-corrected chi connectivity index (χ0v) is 9.53. The van der Waals surface area contributed by atoms with Gasteiger partial charge in [0, 0.05) is 36.7 Å². The normalized spacial score (nSPS) is 21.8. The Morgan fingerprint density at radius 1 is 1.47 bits per heavy atom. The summed E-state index contributed by atoms with van der Waals surface area (Å²) in [5, 5.41) is 0. The average Bonchev–Trinajstić information content (AvgIpc) is 2.22. The summed E-state index contributed by atoms with van der Waals surface area (Å²) in [4.78, 5) is 6.68. The highest BCUT2D eigenvalue weighted by Crippen LogP contribution is 2.23. The molecule has 1 fully saturated rings. The molecule has 2 rings (SSSR count). The van der Waals surface area contributed by atoms with E-state index >= 15 is 0 Å². The van der Waals surface area contributed by atoms with Crippen molar-refractivity contribution in [1.82, 2.24) is 4.98 Å². The van der Waals surface area contributed by atoms with Gasteiger partial charge in [-0.05, 0) is 38.3 Å². The van der Waals surface area contributed by atoms with Crippen LogP contribution in [0.25, 0.3) is 0 Å². The first-order valence-electron chi connectivity index (χ1n) is 5.60. The monoisotopic (exact) mass is 205 g/mol. The molecule has 0 radical (unpaired) electrons. The van der Waals surface area contributed by atoms with Crippen molar-refractivity contribution < 1.29 is 0 Å². The van der Waals surface area contributed by atoms with Crippen LogP contribution in [0, 0.1) is 13.8 Å². The van der Waals surface area contributed by atoms with Crippen molar-refractivity contribution in [2.75, 3.05) is 18.0 Å². The van der Waals surface area contributed by atoms with Crippen LogP contribution < -0.4 is 10.6 Å². The minimum Gasteiger partial charge on any atom is -0.370 e. The van der Waals surface area contributed by atoms with Crippen LogP contribution in [-0.4, -0.2) is 24.1 Å². The molecule has 0 aliphatic carbocycles. The SMILES string of the molecule is Cc1cc(N2CCCC(N)C2)c(C)cn1. The van der Waals surface area contributed by atoms with Gasteiger partial charge in [-0.25, -0.2) is 0 Å². The Kier molecular flexibility index (Phi) is 2.91. The predicted molar refractivity (Wildman–Crippen MR) is 63.1 cm³/mol. The molecule has 1 aromatic heterocycles. The summed E-state index contributed by atoms with van der Waals surface area (Å²) >= 11 is 0. The summed E-state index contributed by atoms with van der Waals surface area (Å²) in [7, 11) is 0. The molecule has 82 valence electrons. The molecule has 2 N–H and O–H groups in total. The standard InChI is InChI=1S/C12H19N3/c1-9-7-14-10(2)6-12(9)15-5-3-4-11(13)8-15/h6-7,11H,3-5,8,13H2,1-2H3. The Balaban J connectivity index is 2.24. The van der Waals surface area contributed by atoms with Gasteiger partial charge < -0.3 is 10.6 Å². The quantitative estimate of drug-likeness (QED) is 0.757. The van der Waals surface area contributed by atoms with Crippen LogP contribution in [0.4, 0.5) is 5.69 Å². The topological polar surface area (TPSA) is 42.1 Å². The molecule has 1 saturated heterocycles. The highest BCUT2D eigenvalue weighted by atomic mass is 15.2. The van der Waals surface area contributed by atoms with Gasteiger partial charge in [0.15, 0.2) is 0 Å². The van der Waals surface area contributed by atoms with Crippen LogP contribution in [0.15, 0.2) is 12.3 Å². The molecular weight excluding hydrogens is 186 g/mol.